The normalized spacial score (nSPS) is 13.6. The van der Waals surface area contributed by atoms with E-state index in [1.807, 2.05) is 13.0 Å². The molecule has 1 aliphatic rings. The Morgan fingerprint density at radius 3 is 3.00 bits per heavy atom. The highest BCUT2D eigenvalue weighted by Gasteiger charge is 2.27. The third-order valence-corrected chi connectivity index (χ3v) is 3.25. The van der Waals surface area contributed by atoms with Gasteiger partial charge in [-0.25, -0.2) is 0 Å². The molecule has 1 aromatic rings. The molecule has 0 fully saturated rings. The van der Waals surface area contributed by atoms with E-state index in [9.17, 15) is 9.59 Å². The molecule has 1 heterocycles. The first kappa shape index (κ1) is 15.3. The minimum absolute atomic E-state index is 0.0801. The molecule has 6 nitrogen and oxygen atoms in total. The van der Waals surface area contributed by atoms with Crippen molar-refractivity contribution in [1.82, 2.24) is 0 Å². The van der Waals surface area contributed by atoms with Crippen molar-refractivity contribution in [3.05, 3.63) is 23.8 Å². The smallest absolute Gasteiger partial charge is 0.326 e. The monoisotopic (exact) mass is 292 g/mol. The van der Waals surface area contributed by atoms with Crippen molar-refractivity contribution in [2.45, 2.75) is 26.3 Å². The highest BCUT2D eigenvalue weighted by molar-refractivity contribution is 6.01. The number of amides is 1. The second-order valence-electron chi connectivity index (χ2n) is 4.85. The van der Waals surface area contributed by atoms with Gasteiger partial charge < -0.3 is 15.2 Å². The van der Waals surface area contributed by atoms with Crippen LogP contribution < -0.4 is 15.4 Å². The van der Waals surface area contributed by atoms with Gasteiger partial charge in [-0.1, -0.05) is 19.4 Å². The average molecular weight is 292 g/mol. The number of hydrogen-bond acceptors (Lipinski definition) is 5. The van der Waals surface area contributed by atoms with E-state index in [0.29, 0.717) is 24.6 Å². The molecule has 0 aromatic heterocycles. The van der Waals surface area contributed by atoms with E-state index in [2.05, 4.69) is 0 Å². The molecule has 21 heavy (non-hydrogen) atoms. The molecule has 0 atom stereocenters. The Morgan fingerprint density at radius 1 is 1.48 bits per heavy atom. The fourth-order valence-corrected chi connectivity index (χ4v) is 2.05. The standard InChI is InChI=1S/C15H20N2O4/c1-2-3-6-20-15(19)9-17-12-5-4-11(8-16)7-13(12)21-10-14(17)18/h4-5,7H,2-3,6,8-10,16H2,1H3. The Bertz CT molecular complexity index is 530. The lowest BCUT2D eigenvalue weighted by Crippen LogP contribution is -2.42. The molecule has 0 spiro atoms. The number of unbranched alkanes of at least 4 members (excludes halogenated alkanes) is 1. The summed E-state index contributed by atoms with van der Waals surface area (Å²) in [7, 11) is 0. The largest absolute Gasteiger partial charge is 0.482 e. The van der Waals surface area contributed by atoms with Gasteiger partial charge in [-0.2, -0.15) is 0 Å². The van der Waals surface area contributed by atoms with Crippen molar-refractivity contribution in [3.63, 3.8) is 0 Å². The third-order valence-electron chi connectivity index (χ3n) is 3.25. The van der Waals surface area contributed by atoms with Crippen LogP contribution in [0, 0.1) is 0 Å². The summed E-state index contributed by atoms with van der Waals surface area (Å²) in [5.41, 5.74) is 7.07. The van der Waals surface area contributed by atoms with Crippen LogP contribution in [0.15, 0.2) is 18.2 Å². The lowest BCUT2D eigenvalue weighted by molar-refractivity contribution is -0.143. The molecule has 114 valence electrons. The SMILES string of the molecule is CCCCOC(=O)CN1C(=O)COc2cc(CN)ccc21. The van der Waals surface area contributed by atoms with Gasteiger partial charge in [0.15, 0.2) is 6.61 Å². The fraction of sp³-hybridized carbons (Fsp3) is 0.467. The van der Waals surface area contributed by atoms with Gasteiger partial charge >= 0.3 is 5.97 Å². The van der Waals surface area contributed by atoms with Gasteiger partial charge in [-0.05, 0) is 24.1 Å². The number of rotatable bonds is 6. The highest BCUT2D eigenvalue weighted by Crippen LogP contribution is 2.32. The van der Waals surface area contributed by atoms with E-state index in [0.717, 1.165) is 18.4 Å². The van der Waals surface area contributed by atoms with Crippen molar-refractivity contribution in [1.29, 1.82) is 0 Å². The van der Waals surface area contributed by atoms with Gasteiger partial charge in [0.1, 0.15) is 12.3 Å². The summed E-state index contributed by atoms with van der Waals surface area (Å²) in [5, 5.41) is 0. The van der Waals surface area contributed by atoms with Crippen LogP contribution >= 0.6 is 0 Å². The first-order chi connectivity index (χ1) is 10.2. The summed E-state index contributed by atoms with van der Waals surface area (Å²) in [5.74, 6) is -0.0955. The van der Waals surface area contributed by atoms with Crippen molar-refractivity contribution in [2.24, 2.45) is 5.73 Å². The maximum Gasteiger partial charge on any atom is 0.326 e. The number of anilines is 1. The molecule has 2 rings (SSSR count). The van der Waals surface area contributed by atoms with Gasteiger partial charge in [0.25, 0.3) is 5.91 Å². The van der Waals surface area contributed by atoms with Gasteiger partial charge in [0.05, 0.1) is 12.3 Å². The zero-order valence-electron chi connectivity index (χ0n) is 12.1. The molecule has 0 unspecified atom stereocenters. The van der Waals surface area contributed by atoms with Crippen LogP contribution in [-0.2, 0) is 20.9 Å². The molecule has 0 saturated heterocycles. The molecule has 0 saturated carbocycles. The lowest BCUT2D eigenvalue weighted by atomic mass is 10.1. The summed E-state index contributed by atoms with van der Waals surface area (Å²) in [6, 6.07) is 5.35. The predicted molar refractivity (Wildman–Crippen MR) is 78.0 cm³/mol. The van der Waals surface area contributed by atoms with Crippen molar-refractivity contribution >= 4 is 17.6 Å². The molecule has 6 heteroatoms. The molecule has 1 aromatic carbocycles. The second kappa shape index (κ2) is 7.08. The van der Waals surface area contributed by atoms with E-state index in [1.54, 1.807) is 12.1 Å². The van der Waals surface area contributed by atoms with Gasteiger partial charge in [-0.15, -0.1) is 0 Å². The number of esters is 1. The van der Waals surface area contributed by atoms with Crippen LogP contribution in [0.25, 0.3) is 0 Å². The average Bonchev–Trinajstić information content (AvgIpc) is 2.50. The molecular formula is C15H20N2O4. The molecule has 0 aliphatic carbocycles. The molecule has 2 N–H and O–H groups in total. The molecule has 1 amide bonds. The quantitative estimate of drug-likeness (QED) is 0.629. The zero-order valence-corrected chi connectivity index (χ0v) is 12.1. The van der Waals surface area contributed by atoms with Crippen LogP contribution in [0.5, 0.6) is 5.75 Å². The van der Waals surface area contributed by atoms with E-state index in [4.69, 9.17) is 15.2 Å². The van der Waals surface area contributed by atoms with Crippen LogP contribution in [0.1, 0.15) is 25.3 Å². The van der Waals surface area contributed by atoms with Crippen molar-refractivity contribution in [2.75, 3.05) is 24.7 Å². The Kier molecular flexibility index (Phi) is 5.16. The maximum atomic E-state index is 11.9. The summed E-state index contributed by atoms with van der Waals surface area (Å²) in [6.45, 7) is 2.62. The summed E-state index contributed by atoms with van der Waals surface area (Å²) in [4.78, 5) is 25.1. The Labute approximate surface area is 123 Å². The van der Waals surface area contributed by atoms with Crippen LogP contribution in [0.2, 0.25) is 0 Å². The third kappa shape index (κ3) is 3.72. The molecule has 0 radical (unpaired) electrons. The van der Waals surface area contributed by atoms with Crippen LogP contribution in [0.3, 0.4) is 0 Å². The molecule has 1 aliphatic heterocycles. The van der Waals surface area contributed by atoms with E-state index in [-0.39, 0.29) is 19.1 Å². The Morgan fingerprint density at radius 2 is 2.29 bits per heavy atom. The van der Waals surface area contributed by atoms with E-state index in [1.165, 1.54) is 4.90 Å². The first-order valence-corrected chi connectivity index (χ1v) is 7.07. The predicted octanol–water partition coefficient (Wildman–Crippen LogP) is 1.21. The first-order valence-electron chi connectivity index (χ1n) is 7.07. The number of nitrogens with two attached hydrogens (primary N) is 1. The minimum Gasteiger partial charge on any atom is -0.482 e. The topological polar surface area (TPSA) is 81.9 Å². The summed E-state index contributed by atoms with van der Waals surface area (Å²) < 4.78 is 10.5. The lowest BCUT2D eigenvalue weighted by Gasteiger charge is -2.28. The van der Waals surface area contributed by atoms with Crippen LogP contribution in [0.4, 0.5) is 5.69 Å². The highest BCUT2D eigenvalue weighted by atomic mass is 16.5. The van der Waals surface area contributed by atoms with Crippen molar-refractivity contribution < 1.29 is 19.1 Å². The van der Waals surface area contributed by atoms with E-state index >= 15 is 0 Å². The van der Waals surface area contributed by atoms with E-state index < -0.39 is 5.97 Å². The number of benzene rings is 1. The number of fused-ring (bicyclic) bond motifs is 1. The maximum absolute atomic E-state index is 11.9. The van der Waals surface area contributed by atoms with Gasteiger partial charge in [0.2, 0.25) is 0 Å². The second-order valence-corrected chi connectivity index (χ2v) is 4.85. The summed E-state index contributed by atoms with van der Waals surface area (Å²) in [6.07, 6.45) is 1.77. The Balaban J connectivity index is 2.09. The fourth-order valence-electron chi connectivity index (χ4n) is 2.05. The zero-order chi connectivity index (χ0) is 15.2. The van der Waals surface area contributed by atoms with Gasteiger partial charge in [-0.3, -0.25) is 14.5 Å². The van der Waals surface area contributed by atoms with Crippen LogP contribution in [-0.4, -0.2) is 31.6 Å². The number of carbonyl (C=O) groups excluding carboxylic acids is 2. The minimum atomic E-state index is -0.410. The summed E-state index contributed by atoms with van der Waals surface area (Å²) >= 11 is 0. The van der Waals surface area contributed by atoms with Gasteiger partial charge in [0, 0.05) is 6.54 Å². The Hall–Kier alpha value is -2.08. The number of nitrogens with zero attached hydrogens (tertiary/aromatic N) is 1. The molecular weight excluding hydrogens is 272 g/mol. The number of carbonyl (C=O) groups is 2. The number of ether oxygens (including phenoxy) is 2. The van der Waals surface area contributed by atoms with Crippen molar-refractivity contribution in [3.8, 4) is 5.75 Å². The molecule has 0 bridgehead atoms. The number of hydrogen-bond donors (Lipinski definition) is 1.